The molecule has 0 bridgehead atoms. The number of nitrogens with zero attached hydrogens (tertiary/aromatic N) is 3. The van der Waals surface area contributed by atoms with Crippen molar-refractivity contribution in [1.82, 2.24) is 14.5 Å². The van der Waals surface area contributed by atoms with Crippen LogP contribution in [0.1, 0.15) is 6.42 Å². The van der Waals surface area contributed by atoms with Gasteiger partial charge in [-0.15, -0.1) is 0 Å². The molecule has 0 saturated carbocycles. The Balaban J connectivity index is 1.74. The zero-order chi connectivity index (χ0) is 15.5. The van der Waals surface area contributed by atoms with Gasteiger partial charge in [-0.1, -0.05) is 30.3 Å². The van der Waals surface area contributed by atoms with E-state index in [-0.39, 0.29) is 25.5 Å². The summed E-state index contributed by atoms with van der Waals surface area (Å²) in [7, 11) is 0. The number of rotatable bonds is 3. The van der Waals surface area contributed by atoms with Gasteiger partial charge in [0.1, 0.15) is 12.4 Å². The predicted molar refractivity (Wildman–Crippen MR) is 80.9 cm³/mol. The van der Waals surface area contributed by atoms with Crippen LogP contribution < -0.4 is 0 Å². The molecule has 6 heteroatoms. The van der Waals surface area contributed by atoms with E-state index in [0.717, 1.165) is 11.4 Å². The van der Waals surface area contributed by atoms with Crippen molar-refractivity contribution in [2.24, 2.45) is 0 Å². The molecule has 2 atom stereocenters. The lowest BCUT2D eigenvalue weighted by Crippen LogP contribution is -2.49. The molecule has 22 heavy (non-hydrogen) atoms. The minimum absolute atomic E-state index is 0.131. The number of imidazole rings is 1. The molecule has 0 unspecified atom stereocenters. The molecular weight excluding hydrogens is 282 g/mol. The van der Waals surface area contributed by atoms with Crippen LogP contribution in [-0.4, -0.2) is 55.9 Å². The van der Waals surface area contributed by atoms with E-state index in [0.29, 0.717) is 6.42 Å². The molecule has 1 aliphatic rings. The Morgan fingerprint density at radius 2 is 1.86 bits per heavy atom. The molecule has 1 fully saturated rings. The maximum Gasteiger partial charge on any atom is 0.242 e. The molecular formula is C16H19N3O3. The second-order valence-electron chi connectivity index (χ2n) is 5.59. The molecule has 0 spiro atoms. The van der Waals surface area contributed by atoms with Crippen molar-refractivity contribution in [2.75, 3.05) is 13.1 Å². The van der Waals surface area contributed by atoms with Crippen LogP contribution in [0.15, 0.2) is 42.7 Å². The topological polar surface area (TPSA) is 78.6 Å². The first kappa shape index (κ1) is 14.7. The zero-order valence-corrected chi connectivity index (χ0v) is 12.2. The first-order valence-electron chi connectivity index (χ1n) is 7.34. The molecule has 116 valence electrons. The number of aromatic nitrogens is 2. The molecule has 0 aliphatic carbocycles. The van der Waals surface area contributed by atoms with Crippen LogP contribution in [-0.2, 0) is 11.3 Å². The van der Waals surface area contributed by atoms with Gasteiger partial charge in [-0.2, -0.15) is 0 Å². The molecule has 1 amide bonds. The van der Waals surface area contributed by atoms with Crippen LogP contribution in [0.4, 0.5) is 0 Å². The molecule has 2 heterocycles. The fourth-order valence-corrected chi connectivity index (χ4v) is 2.78. The monoisotopic (exact) mass is 301 g/mol. The van der Waals surface area contributed by atoms with E-state index in [1.54, 1.807) is 17.0 Å². The van der Waals surface area contributed by atoms with Crippen LogP contribution >= 0.6 is 0 Å². The number of likely N-dealkylation sites (tertiary alicyclic amines) is 1. The number of piperidine rings is 1. The predicted octanol–water partition coefficient (Wildman–Crippen LogP) is 0.504. The van der Waals surface area contributed by atoms with Gasteiger partial charge >= 0.3 is 0 Å². The Morgan fingerprint density at radius 1 is 1.18 bits per heavy atom. The van der Waals surface area contributed by atoms with E-state index in [9.17, 15) is 15.0 Å². The smallest absolute Gasteiger partial charge is 0.242 e. The van der Waals surface area contributed by atoms with Crippen LogP contribution in [0.25, 0.3) is 11.4 Å². The summed E-state index contributed by atoms with van der Waals surface area (Å²) in [5, 5.41) is 19.4. The molecule has 1 aromatic carbocycles. The largest absolute Gasteiger partial charge is 0.391 e. The third kappa shape index (κ3) is 3.18. The average Bonchev–Trinajstić information content (AvgIpc) is 2.95. The third-order valence-corrected chi connectivity index (χ3v) is 3.81. The number of benzene rings is 1. The molecule has 6 nitrogen and oxygen atoms in total. The highest BCUT2D eigenvalue weighted by Gasteiger charge is 2.27. The molecule has 1 aromatic heterocycles. The Morgan fingerprint density at radius 3 is 2.55 bits per heavy atom. The SMILES string of the molecule is O=C(Cn1ccnc1-c1ccccc1)N1C[C@H](O)C[C@@H](O)C1. The second kappa shape index (κ2) is 6.29. The van der Waals surface area contributed by atoms with Crippen LogP contribution in [0, 0.1) is 0 Å². The highest BCUT2D eigenvalue weighted by atomic mass is 16.3. The first-order valence-corrected chi connectivity index (χ1v) is 7.34. The summed E-state index contributed by atoms with van der Waals surface area (Å²) < 4.78 is 1.78. The van der Waals surface area contributed by atoms with Gasteiger partial charge in [-0.3, -0.25) is 4.79 Å². The lowest BCUT2D eigenvalue weighted by Gasteiger charge is -2.33. The fraction of sp³-hybridized carbons (Fsp3) is 0.375. The molecule has 1 aliphatic heterocycles. The molecule has 1 saturated heterocycles. The van der Waals surface area contributed by atoms with E-state index in [2.05, 4.69) is 4.98 Å². The Labute approximate surface area is 128 Å². The first-order chi connectivity index (χ1) is 10.6. The molecule has 0 radical (unpaired) electrons. The summed E-state index contributed by atoms with van der Waals surface area (Å²) in [6.07, 6.45) is 2.42. The van der Waals surface area contributed by atoms with Gasteiger partial charge in [0.2, 0.25) is 5.91 Å². The summed E-state index contributed by atoms with van der Waals surface area (Å²) in [4.78, 5) is 18.2. The maximum atomic E-state index is 12.4. The van der Waals surface area contributed by atoms with Gasteiger partial charge in [-0.25, -0.2) is 4.98 Å². The highest BCUT2D eigenvalue weighted by Crippen LogP contribution is 2.18. The van der Waals surface area contributed by atoms with Crippen molar-refractivity contribution >= 4 is 5.91 Å². The number of carbonyl (C=O) groups is 1. The number of amides is 1. The maximum absolute atomic E-state index is 12.4. The van der Waals surface area contributed by atoms with E-state index in [4.69, 9.17) is 0 Å². The van der Waals surface area contributed by atoms with Crippen LogP contribution in [0.3, 0.4) is 0 Å². The third-order valence-electron chi connectivity index (χ3n) is 3.81. The molecule has 3 rings (SSSR count). The Bertz CT molecular complexity index is 631. The van der Waals surface area contributed by atoms with Gasteiger partial charge in [0.05, 0.1) is 12.2 Å². The number of β-amino-alcohol motifs (C(OH)–C–C–N with tert-alkyl or cyclic N) is 2. The molecule has 2 N–H and O–H groups in total. The van der Waals surface area contributed by atoms with Crippen molar-refractivity contribution in [3.05, 3.63) is 42.7 Å². The highest BCUT2D eigenvalue weighted by molar-refractivity contribution is 5.77. The fourth-order valence-electron chi connectivity index (χ4n) is 2.78. The number of hydrogen-bond acceptors (Lipinski definition) is 4. The number of hydrogen-bond donors (Lipinski definition) is 2. The number of carbonyl (C=O) groups excluding carboxylic acids is 1. The minimum Gasteiger partial charge on any atom is -0.391 e. The lowest BCUT2D eigenvalue weighted by atomic mass is 10.1. The lowest BCUT2D eigenvalue weighted by molar-refractivity contribution is -0.138. The van der Waals surface area contributed by atoms with Crippen LogP contribution in [0.5, 0.6) is 0 Å². The van der Waals surface area contributed by atoms with Crippen molar-refractivity contribution in [3.63, 3.8) is 0 Å². The number of aliphatic hydroxyl groups is 2. The normalized spacial score (nSPS) is 21.8. The minimum atomic E-state index is -0.663. The zero-order valence-electron chi connectivity index (χ0n) is 12.2. The van der Waals surface area contributed by atoms with Gasteiger partial charge in [0.25, 0.3) is 0 Å². The Hall–Kier alpha value is -2.18. The van der Waals surface area contributed by atoms with Crippen molar-refractivity contribution in [3.8, 4) is 11.4 Å². The van der Waals surface area contributed by atoms with Crippen molar-refractivity contribution < 1.29 is 15.0 Å². The van der Waals surface area contributed by atoms with Crippen LogP contribution in [0.2, 0.25) is 0 Å². The average molecular weight is 301 g/mol. The quantitative estimate of drug-likeness (QED) is 0.865. The summed E-state index contributed by atoms with van der Waals surface area (Å²) in [6, 6.07) is 9.66. The van der Waals surface area contributed by atoms with Gasteiger partial charge in [0, 0.05) is 37.5 Å². The van der Waals surface area contributed by atoms with Crippen molar-refractivity contribution in [1.29, 1.82) is 0 Å². The second-order valence-corrected chi connectivity index (χ2v) is 5.59. The van der Waals surface area contributed by atoms with Gasteiger partial charge in [-0.05, 0) is 0 Å². The van der Waals surface area contributed by atoms with Crippen molar-refractivity contribution in [2.45, 2.75) is 25.2 Å². The number of aliphatic hydroxyl groups excluding tert-OH is 2. The summed E-state index contributed by atoms with van der Waals surface area (Å²) >= 11 is 0. The van der Waals surface area contributed by atoms with E-state index >= 15 is 0 Å². The van der Waals surface area contributed by atoms with E-state index in [1.807, 2.05) is 30.3 Å². The standard InChI is InChI=1S/C16H19N3O3/c20-13-8-14(21)10-19(9-13)15(22)11-18-7-6-17-16(18)12-4-2-1-3-5-12/h1-7,13-14,20-21H,8-11H2/t13-,14-/m1/s1. The van der Waals surface area contributed by atoms with Gasteiger partial charge in [0.15, 0.2) is 0 Å². The van der Waals surface area contributed by atoms with E-state index in [1.165, 1.54) is 4.90 Å². The summed E-state index contributed by atoms with van der Waals surface area (Å²) in [5.74, 6) is 0.597. The van der Waals surface area contributed by atoms with E-state index < -0.39 is 12.2 Å². The summed E-state index contributed by atoms with van der Waals surface area (Å²) in [6.45, 7) is 0.681. The summed E-state index contributed by atoms with van der Waals surface area (Å²) in [5.41, 5.74) is 0.944. The van der Waals surface area contributed by atoms with Gasteiger partial charge < -0.3 is 19.7 Å². The Kier molecular flexibility index (Phi) is 4.22. The molecule has 2 aromatic rings.